The molecule has 3 N–H and O–H groups in total. The van der Waals surface area contributed by atoms with Crippen molar-refractivity contribution in [1.29, 1.82) is 0 Å². The largest absolute Gasteiger partial charge is 0.346 e. The fraction of sp³-hybridized carbons (Fsp3) is 0.176. The van der Waals surface area contributed by atoms with Crippen molar-refractivity contribution in [3.63, 3.8) is 0 Å². The van der Waals surface area contributed by atoms with Gasteiger partial charge >= 0.3 is 0 Å². The number of rotatable bonds is 3. The van der Waals surface area contributed by atoms with Crippen LogP contribution < -0.4 is 11.1 Å². The van der Waals surface area contributed by atoms with Gasteiger partial charge < -0.3 is 11.1 Å². The van der Waals surface area contributed by atoms with Crippen LogP contribution in [0, 0.1) is 11.8 Å². The van der Waals surface area contributed by atoms with E-state index >= 15 is 0 Å². The quantitative estimate of drug-likeness (QED) is 0.843. The van der Waals surface area contributed by atoms with Gasteiger partial charge in [-0.25, -0.2) is 0 Å². The summed E-state index contributed by atoms with van der Waals surface area (Å²) in [5, 5.41) is 2.95. The van der Waals surface area contributed by atoms with Crippen LogP contribution in [0.2, 0.25) is 0 Å². The number of nitrogens with two attached hydrogens (primary N) is 1. The van der Waals surface area contributed by atoms with Crippen molar-refractivity contribution in [2.45, 2.75) is 13.0 Å². The van der Waals surface area contributed by atoms with Gasteiger partial charge in [-0.2, -0.15) is 0 Å². The zero-order valence-corrected chi connectivity index (χ0v) is 11.8. The SMILES string of the molecule is CC(NC(=O)c1ccc(C#CCN)cc1)c1ccncc1. The van der Waals surface area contributed by atoms with Crippen LogP contribution in [0.1, 0.15) is 34.5 Å². The normalized spacial score (nSPS) is 11.1. The average Bonchev–Trinajstić information content (AvgIpc) is 2.54. The van der Waals surface area contributed by atoms with Crippen molar-refractivity contribution in [3.8, 4) is 11.8 Å². The molecule has 0 fully saturated rings. The third kappa shape index (κ3) is 4.16. The molecule has 21 heavy (non-hydrogen) atoms. The number of benzene rings is 1. The van der Waals surface area contributed by atoms with Crippen LogP contribution in [-0.4, -0.2) is 17.4 Å². The molecule has 0 aliphatic heterocycles. The first-order valence-electron chi connectivity index (χ1n) is 6.70. The highest BCUT2D eigenvalue weighted by Gasteiger charge is 2.10. The zero-order valence-electron chi connectivity index (χ0n) is 11.8. The molecule has 0 spiro atoms. The minimum absolute atomic E-state index is 0.0720. The highest BCUT2D eigenvalue weighted by Crippen LogP contribution is 2.12. The number of pyridine rings is 1. The summed E-state index contributed by atoms with van der Waals surface area (Å²) >= 11 is 0. The van der Waals surface area contributed by atoms with E-state index < -0.39 is 0 Å². The molecule has 1 aromatic heterocycles. The summed E-state index contributed by atoms with van der Waals surface area (Å²) in [6, 6.07) is 10.8. The van der Waals surface area contributed by atoms with Crippen molar-refractivity contribution in [1.82, 2.24) is 10.3 Å². The zero-order chi connectivity index (χ0) is 15.1. The Labute approximate surface area is 124 Å². The van der Waals surface area contributed by atoms with Gasteiger partial charge in [-0.05, 0) is 48.9 Å². The van der Waals surface area contributed by atoms with Gasteiger partial charge in [0.1, 0.15) is 0 Å². The summed E-state index contributed by atoms with van der Waals surface area (Å²) < 4.78 is 0. The molecule has 0 bridgehead atoms. The fourth-order valence-corrected chi connectivity index (χ4v) is 1.87. The summed E-state index contributed by atoms with van der Waals surface area (Å²) in [5.41, 5.74) is 7.79. The second kappa shape index (κ2) is 7.22. The molecule has 1 unspecified atom stereocenters. The summed E-state index contributed by atoms with van der Waals surface area (Å²) in [4.78, 5) is 16.1. The predicted molar refractivity (Wildman–Crippen MR) is 82.5 cm³/mol. The molecule has 1 amide bonds. The van der Waals surface area contributed by atoms with E-state index in [1.54, 1.807) is 24.5 Å². The Bertz CT molecular complexity index is 654. The van der Waals surface area contributed by atoms with Crippen LogP contribution in [0.3, 0.4) is 0 Å². The lowest BCUT2D eigenvalue weighted by Crippen LogP contribution is -2.26. The fourth-order valence-electron chi connectivity index (χ4n) is 1.87. The van der Waals surface area contributed by atoms with Gasteiger partial charge in [0.05, 0.1) is 12.6 Å². The minimum atomic E-state index is -0.113. The van der Waals surface area contributed by atoms with E-state index in [2.05, 4.69) is 22.1 Å². The van der Waals surface area contributed by atoms with Gasteiger partial charge in [-0.3, -0.25) is 9.78 Å². The molecule has 1 aromatic carbocycles. The first kappa shape index (κ1) is 14.8. The molecule has 4 nitrogen and oxygen atoms in total. The van der Waals surface area contributed by atoms with Gasteiger partial charge in [0.25, 0.3) is 5.91 Å². The van der Waals surface area contributed by atoms with Gasteiger partial charge in [0, 0.05) is 23.5 Å². The lowest BCUT2D eigenvalue weighted by Gasteiger charge is -2.14. The van der Waals surface area contributed by atoms with Crippen LogP contribution in [0.15, 0.2) is 48.8 Å². The maximum Gasteiger partial charge on any atom is 0.251 e. The molecule has 1 heterocycles. The molecular formula is C17H17N3O. The highest BCUT2D eigenvalue weighted by atomic mass is 16.1. The maximum atomic E-state index is 12.2. The number of hydrogen-bond donors (Lipinski definition) is 2. The molecule has 1 atom stereocenters. The molecule has 4 heteroatoms. The molecule has 0 aliphatic rings. The van der Waals surface area contributed by atoms with E-state index in [0.717, 1.165) is 11.1 Å². The van der Waals surface area contributed by atoms with Crippen LogP contribution >= 0.6 is 0 Å². The van der Waals surface area contributed by atoms with Crippen LogP contribution in [-0.2, 0) is 0 Å². The topological polar surface area (TPSA) is 68.0 Å². The van der Waals surface area contributed by atoms with Crippen molar-refractivity contribution in [2.75, 3.05) is 6.54 Å². The lowest BCUT2D eigenvalue weighted by atomic mass is 10.1. The average molecular weight is 279 g/mol. The standard InChI is InChI=1S/C17H17N3O/c1-13(15-8-11-19-12-9-15)20-17(21)16-6-4-14(5-7-16)3-2-10-18/h4-9,11-13H,10,18H2,1H3,(H,20,21). The second-order valence-corrected chi connectivity index (χ2v) is 4.56. The monoisotopic (exact) mass is 279 g/mol. The van der Waals surface area contributed by atoms with Crippen molar-refractivity contribution >= 4 is 5.91 Å². The third-order valence-electron chi connectivity index (χ3n) is 3.04. The van der Waals surface area contributed by atoms with Gasteiger partial charge in [-0.15, -0.1) is 0 Å². The van der Waals surface area contributed by atoms with E-state index in [1.807, 2.05) is 31.2 Å². The third-order valence-corrected chi connectivity index (χ3v) is 3.04. The Kier molecular flexibility index (Phi) is 5.08. The Morgan fingerprint density at radius 1 is 1.24 bits per heavy atom. The first-order chi connectivity index (χ1) is 10.2. The van der Waals surface area contributed by atoms with E-state index in [1.165, 1.54) is 0 Å². The molecule has 0 radical (unpaired) electrons. The number of carbonyl (C=O) groups excluding carboxylic acids is 1. The summed E-state index contributed by atoms with van der Waals surface area (Å²) in [7, 11) is 0. The number of nitrogens with zero attached hydrogens (tertiary/aromatic N) is 1. The molecule has 0 aliphatic carbocycles. The minimum Gasteiger partial charge on any atom is -0.346 e. The molecule has 0 saturated heterocycles. The Morgan fingerprint density at radius 3 is 2.52 bits per heavy atom. The van der Waals surface area contributed by atoms with E-state index in [0.29, 0.717) is 12.1 Å². The molecule has 106 valence electrons. The smallest absolute Gasteiger partial charge is 0.251 e. The number of amides is 1. The van der Waals surface area contributed by atoms with Gasteiger partial charge in [0.2, 0.25) is 0 Å². The summed E-state index contributed by atoms with van der Waals surface area (Å²) in [6.45, 7) is 2.26. The molecule has 0 saturated carbocycles. The lowest BCUT2D eigenvalue weighted by molar-refractivity contribution is 0.0940. The summed E-state index contributed by atoms with van der Waals surface area (Å²) in [6.07, 6.45) is 3.42. The van der Waals surface area contributed by atoms with Crippen molar-refractivity contribution in [3.05, 3.63) is 65.5 Å². The number of nitrogens with one attached hydrogen (secondary N) is 1. The van der Waals surface area contributed by atoms with Crippen LogP contribution in [0.25, 0.3) is 0 Å². The second-order valence-electron chi connectivity index (χ2n) is 4.56. The van der Waals surface area contributed by atoms with Crippen molar-refractivity contribution < 1.29 is 4.79 Å². The predicted octanol–water partition coefficient (Wildman–Crippen LogP) is 1.88. The number of aromatic nitrogens is 1. The van der Waals surface area contributed by atoms with E-state index in [4.69, 9.17) is 5.73 Å². The van der Waals surface area contributed by atoms with E-state index in [9.17, 15) is 4.79 Å². The molecule has 2 rings (SSSR count). The summed E-state index contributed by atoms with van der Waals surface area (Å²) in [5.74, 6) is 5.59. The van der Waals surface area contributed by atoms with Crippen LogP contribution in [0.4, 0.5) is 0 Å². The Hall–Kier alpha value is -2.64. The number of hydrogen-bond acceptors (Lipinski definition) is 3. The molecule has 2 aromatic rings. The molecular weight excluding hydrogens is 262 g/mol. The number of carbonyl (C=O) groups is 1. The Morgan fingerprint density at radius 2 is 1.90 bits per heavy atom. The van der Waals surface area contributed by atoms with Crippen molar-refractivity contribution in [2.24, 2.45) is 5.73 Å². The Balaban J connectivity index is 2.03. The van der Waals surface area contributed by atoms with Gasteiger partial charge in [0.15, 0.2) is 0 Å². The maximum absolute atomic E-state index is 12.2. The van der Waals surface area contributed by atoms with Crippen LogP contribution in [0.5, 0.6) is 0 Å². The van der Waals surface area contributed by atoms with Gasteiger partial charge in [-0.1, -0.05) is 11.8 Å². The van der Waals surface area contributed by atoms with E-state index in [-0.39, 0.29) is 11.9 Å². The highest BCUT2D eigenvalue weighted by molar-refractivity contribution is 5.94. The first-order valence-corrected chi connectivity index (χ1v) is 6.70.